The largest absolute Gasteiger partial charge is 0.497 e. The molecule has 106 valence electrons. The standard InChI is InChI=1S/C17H21NO2/c1-13-6-4-5-7-14(13)10-11-18-16-12-15(19-2)8-9-17(16)20-3/h4-9,12,18H,10-11H2,1-3H3. The van der Waals surface area contributed by atoms with Gasteiger partial charge in [-0.1, -0.05) is 24.3 Å². The second kappa shape index (κ2) is 6.85. The van der Waals surface area contributed by atoms with Gasteiger partial charge in [0.15, 0.2) is 0 Å². The molecule has 0 saturated heterocycles. The van der Waals surface area contributed by atoms with Crippen molar-refractivity contribution in [2.24, 2.45) is 0 Å². The molecule has 0 atom stereocenters. The van der Waals surface area contributed by atoms with Gasteiger partial charge < -0.3 is 14.8 Å². The van der Waals surface area contributed by atoms with Gasteiger partial charge in [0.2, 0.25) is 0 Å². The summed E-state index contributed by atoms with van der Waals surface area (Å²) < 4.78 is 10.6. The number of aryl methyl sites for hydroxylation is 1. The minimum atomic E-state index is 0.823. The van der Waals surface area contributed by atoms with E-state index in [9.17, 15) is 0 Å². The summed E-state index contributed by atoms with van der Waals surface area (Å²) in [5.74, 6) is 1.65. The van der Waals surface area contributed by atoms with Crippen molar-refractivity contribution in [2.75, 3.05) is 26.1 Å². The molecular weight excluding hydrogens is 250 g/mol. The van der Waals surface area contributed by atoms with Crippen molar-refractivity contribution in [3.63, 3.8) is 0 Å². The number of methoxy groups -OCH3 is 2. The molecule has 0 fully saturated rings. The van der Waals surface area contributed by atoms with Gasteiger partial charge in [0, 0.05) is 12.6 Å². The van der Waals surface area contributed by atoms with Gasteiger partial charge >= 0.3 is 0 Å². The van der Waals surface area contributed by atoms with Crippen LogP contribution in [0.2, 0.25) is 0 Å². The predicted molar refractivity (Wildman–Crippen MR) is 82.9 cm³/mol. The lowest BCUT2D eigenvalue weighted by Crippen LogP contribution is -2.07. The molecule has 0 aromatic heterocycles. The van der Waals surface area contributed by atoms with E-state index >= 15 is 0 Å². The van der Waals surface area contributed by atoms with Crippen molar-refractivity contribution in [2.45, 2.75) is 13.3 Å². The van der Waals surface area contributed by atoms with Crippen LogP contribution in [0.15, 0.2) is 42.5 Å². The van der Waals surface area contributed by atoms with Gasteiger partial charge in [-0.2, -0.15) is 0 Å². The second-order valence-electron chi connectivity index (χ2n) is 4.67. The summed E-state index contributed by atoms with van der Waals surface area (Å²) in [7, 11) is 3.34. The van der Waals surface area contributed by atoms with Crippen molar-refractivity contribution in [3.8, 4) is 11.5 Å². The van der Waals surface area contributed by atoms with Crippen molar-refractivity contribution >= 4 is 5.69 Å². The summed E-state index contributed by atoms with van der Waals surface area (Å²) in [6.07, 6.45) is 0.979. The Balaban J connectivity index is 2.02. The summed E-state index contributed by atoms with van der Waals surface area (Å²) in [5, 5.41) is 3.41. The topological polar surface area (TPSA) is 30.5 Å². The van der Waals surface area contributed by atoms with Crippen LogP contribution in [0.5, 0.6) is 11.5 Å². The molecule has 0 bridgehead atoms. The maximum atomic E-state index is 5.35. The van der Waals surface area contributed by atoms with E-state index in [2.05, 4.69) is 36.5 Å². The van der Waals surface area contributed by atoms with Crippen LogP contribution in [0, 0.1) is 6.92 Å². The Morgan fingerprint density at radius 2 is 1.80 bits per heavy atom. The normalized spacial score (nSPS) is 10.2. The molecule has 3 heteroatoms. The van der Waals surface area contributed by atoms with Crippen molar-refractivity contribution in [1.29, 1.82) is 0 Å². The fourth-order valence-electron chi connectivity index (χ4n) is 2.17. The van der Waals surface area contributed by atoms with Crippen LogP contribution in [0.25, 0.3) is 0 Å². The lowest BCUT2D eigenvalue weighted by Gasteiger charge is -2.13. The van der Waals surface area contributed by atoms with Crippen molar-refractivity contribution < 1.29 is 9.47 Å². The lowest BCUT2D eigenvalue weighted by molar-refractivity contribution is 0.404. The van der Waals surface area contributed by atoms with Crippen molar-refractivity contribution in [3.05, 3.63) is 53.6 Å². The molecule has 0 aliphatic rings. The Labute approximate surface area is 120 Å². The van der Waals surface area contributed by atoms with Gasteiger partial charge in [-0.25, -0.2) is 0 Å². The molecule has 3 nitrogen and oxygen atoms in total. The van der Waals surface area contributed by atoms with Gasteiger partial charge in [0.1, 0.15) is 11.5 Å². The Kier molecular flexibility index (Phi) is 4.88. The minimum Gasteiger partial charge on any atom is -0.497 e. The Bertz CT molecular complexity index is 567. The Hall–Kier alpha value is -2.16. The smallest absolute Gasteiger partial charge is 0.142 e. The summed E-state index contributed by atoms with van der Waals surface area (Å²) >= 11 is 0. The molecule has 0 radical (unpaired) electrons. The third kappa shape index (κ3) is 3.44. The van der Waals surface area contributed by atoms with E-state index in [0.29, 0.717) is 0 Å². The number of benzene rings is 2. The zero-order chi connectivity index (χ0) is 14.4. The summed E-state index contributed by atoms with van der Waals surface area (Å²) in [6, 6.07) is 14.2. The van der Waals surface area contributed by atoms with E-state index < -0.39 is 0 Å². The minimum absolute atomic E-state index is 0.823. The quantitative estimate of drug-likeness (QED) is 0.869. The SMILES string of the molecule is COc1ccc(OC)c(NCCc2ccccc2C)c1. The van der Waals surface area contributed by atoms with Crippen molar-refractivity contribution in [1.82, 2.24) is 0 Å². The molecule has 0 unspecified atom stereocenters. The highest BCUT2D eigenvalue weighted by Crippen LogP contribution is 2.28. The van der Waals surface area contributed by atoms with E-state index in [1.165, 1.54) is 11.1 Å². The molecule has 0 amide bonds. The maximum Gasteiger partial charge on any atom is 0.142 e. The Morgan fingerprint density at radius 1 is 1.00 bits per heavy atom. The highest BCUT2D eigenvalue weighted by molar-refractivity contribution is 5.59. The number of anilines is 1. The third-order valence-electron chi connectivity index (χ3n) is 3.38. The average molecular weight is 271 g/mol. The molecular formula is C17H21NO2. The van der Waals surface area contributed by atoms with Crippen LogP contribution in [0.3, 0.4) is 0 Å². The highest BCUT2D eigenvalue weighted by atomic mass is 16.5. The second-order valence-corrected chi connectivity index (χ2v) is 4.67. The fourth-order valence-corrected chi connectivity index (χ4v) is 2.17. The number of nitrogens with one attached hydrogen (secondary N) is 1. The van der Waals surface area contributed by atoms with Crippen LogP contribution in [-0.2, 0) is 6.42 Å². The number of rotatable bonds is 6. The van der Waals surface area contributed by atoms with E-state index in [-0.39, 0.29) is 0 Å². The lowest BCUT2D eigenvalue weighted by atomic mass is 10.1. The van der Waals surface area contributed by atoms with E-state index in [1.54, 1.807) is 14.2 Å². The summed E-state index contributed by atoms with van der Waals surface area (Å²) in [6.45, 7) is 3.00. The molecule has 20 heavy (non-hydrogen) atoms. The number of ether oxygens (including phenoxy) is 2. The molecule has 0 spiro atoms. The van der Waals surface area contributed by atoms with E-state index in [1.807, 2.05) is 18.2 Å². The Morgan fingerprint density at radius 3 is 2.50 bits per heavy atom. The first-order valence-corrected chi connectivity index (χ1v) is 6.75. The van der Waals surface area contributed by atoms with Gasteiger partial charge in [0.25, 0.3) is 0 Å². The van der Waals surface area contributed by atoms with E-state index in [4.69, 9.17) is 9.47 Å². The van der Waals surface area contributed by atoms with Crippen LogP contribution in [0.4, 0.5) is 5.69 Å². The first-order chi connectivity index (χ1) is 9.74. The monoisotopic (exact) mass is 271 g/mol. The first-order valence-electron chi connectivity index (χ1n) is 6.75. The molecule has 2 aromatic carbocycles. The first kappa shape index (κ1) is 14.3. The fraction of sp³-hybridized carbons (Fsp3) is 0.294. The summed E-state index contributed by atoms with van der Waals surface area (Å²) in [5.41, 5.74) is 3.65. The third-order valence-corrected chi connectivity index (χ3v) is 3.38. The van der Waals surface area contributed by atoms with Crippen LogP contribution in [0.1, 0.15) is 11.1 Å². The van der Waals surface area contributed by atoms with E-state index in [0.717, 1.165) is 30.2 Å². The van der Waals surface area contributed by atoms with Gasteiger partial charge in [-0.05, 0) is 36.6 Å². The molecule has 0 saturated carbocycles. The zero-order valence-corrected chi connectivity index (χ0v) is 12.3. The average Bonchev–Trinajstić information content (AvgIpc) is 2.49. The molecule has 0 heterocycles. The van der Waals surface area contributed by atoms with Crippen LogP contribution < -0.4 is 14.8 Å². The van der Waals surface area contributed by atoms with Gasteiger partial charge in [-0.15, -0.1) is 0 Å². The van der Waals surface area contributed by atoms with Gasteiger partial charge in [-0.3, -0.25) is 0 Å². The molecule has 0 aliphatic heterocycles. The number of hydrogen-bond donors (Lipinski definition) is 1. The molecule has 1 N–H and O–H groups in total. The molecule has 2 aromatic rings. The van der Waals surface area contributed by atoms with Crippen LogP contribution in [-0.4, -0.2) is 20.8 Å². The number of hydrogen-bond acceptors (Lipinski definition) is 3. The zero-order valence-electron chi connectivity index (χ0n) is 12.3. The predicted octanol–water partition coefficient (Wildman–Crippen LogP) is 3.67. The highest BCUT2D eigenvalue weighted by Gasteiger charge is 2.04. The summed E-state index contributed by atoms with van der Waals surface area (Å²) in [4.78, 5) is 0. The molecule has 0 aliphatic carbocycles. The maximum absolute atomic E-state index is 5.35. The molecule has 2 rings (SSSR count). The van der Waals surface area contributed by atoms with Gasteiger partial charge in [0.05, 0.1) is 19.9 Å². The van der Waals surface area contributed by atoms with Crippen LogP contribution >= 0.6 is 0 Å².